The number of carbonyl (C=O) groups is 1. The minimum absolute atomic E-state index is 0.314. The molecular weight excluding hydrogens is 211 g/mol. The Morgan fingerprint density at radius 2 is 2.06 bits per heavy atom. The molecule has 88 valence electrons. The summed E-state index contributed by atoms with van der Waals surface area (Å²) in [6.07, 6.45) is 1.85. The van der Waals surface area contributed by atoms with E-state index >= 15 is 0 Å². The van der Waals surface area contributed by atoms with Crippen molar-refractivity contribution in [2.45, 2.75) is 33.3 Å². The second-order valence-electron chi connectivity index (χ2n) is 4.42. The molecule has 1 aromatic heterocycles. The van der Waals surface area contributed by atoms with Crippen molar-refractivity contribution < 1.29 is 13.9 Å². The monoisotopic (exact) mass is 226 g/mol. The van der Waals surface area contributed by atoms with E-state index in [9.17, 15) is 9.18 Å². The fraction of sp³-hybridized carbons (Fsp3) is 0.455. The van der Waals surface area contributed by atoms with Gasteiger partial charge in [0.25, 0.3) is 0 Å². The standard InChI is InChI=1S/C11H15FN2O2/c1-7-8(12)5-13-6-9(7)14-10(15)16-11(2,3)4/h5-6H,1-4H3,(H,14,15). The van der Waals surface area contributed by atoms with Gasteiger partial charge in [-0.1, -0.05) is 0 Å². The zero-order valence-electron chi connectivity index (χ0n) is 9.80. The summed E-state index contributed by atoms with van der Waals surface area (Å²) in [4.78, 5) is 15.1. The van der Waals surface area contributed by atoms with Gasteiger partial charge in [0.15, 0.2) is 0 Å². The van der Waals surface area contributed by atoms with Crippen LogP contribution >= 0.6 is 0 Å². The number of rotatable bonds is 1. The molecule has 1 amide bonds. The summed E-state index contributed by atoms with van der Waals surface area (Å²) in [7, 11) is 0. The normalized spacial score (nSPS) is 11.1. The van der Waals surface area contributed by atoms with Crippen LogP contribution in [-0.2, 0) is 4.74 Å². The fourth-order valence-electron chi connectivity index (χ4n) is 1.04. The minimum atomic E-state index is -0.622. The van der Waals surface area contributed by atoms with Crippen molar-refractivity contribution in [1.82, 2.24) is 4.98 Å². The minimum Gasteiger partial charge on any atom is -0.444 e. The molecule has 4 nitrogen and oxygen atoms in total. The van der Waals surface area contributed by atoms with E-state index in [0.717, 1.165) is 6.20 Å². The van der Waals surface area contributed by atoms with Crippen molar-refractivity contribution >= 4 is 11.8 Å². The Bertz CT molecular complexity index is 399. The van der Waals surface area contributed by atoms with E-state index in [4.69, 9.17) is 4.74 Å². The number of carbonyl (C=O) groups excluding carboxylic acids is 1. The van der Waals surface area contributed by atoms with Crippen LogP contribution in [-0.4, -0.2) is 16.7 Å². The molecule has 0 radical (unpaired) electrons. The average molecular weight is 226 g/mol. The number of aromatic nitrogens is 1. The molecular formula is C11H15FN2O2. The van der Waals surface area contributed by atoms with Gasteiger partial charge in [-0.15, -0.1) is 0 Å². The summed E-state index contributed by atoms with van der Waals surface area (Å²) in [6.45, 7) is 6.82. The molecule has 0 bridgehead atoms. The first-order valence-corrected chi connectivity index (χ1v) is 4.90. The van der Waals surface area contributed by atoms with E-state index in [1.165, 1.54) is 6.20 Å². The van der Waals surface area contributed by atoms with Gasteiger partial charge in [-0.05, 0) is 27.7 Å². The number of pyridine rings is 1. The second-order valence-corrected chi connectivity index (χ2v) is 4.42. The first-order chi connectivity index (χ1) is 7.29. The molecule has 0 fully saturated rings. The zero-order chi connectivity index (χ0) is 12.3. The molecule has 1 aromatic rings. The molecule has 16 heavy (non-hydrogen) atoms. The first kappa shape index (κ1) is 12.4. The third-order valence-electron chi connectivity index (χ3n) is 1.79. The maximum absolute atomic E-state index is 13.1. The van der Waals surface area contributed by atoms with Crippen LogP contribution in [0, 0.1) is 12.7 Å². The summed E-state index contributed by atoms with van der Waals surface area (Å²) in [6, 6.07) is 0. The van der Waals surface area contributed by atoms with Gasteiger partial charge in [-0.3, -0.25) is 10.3 Å². The number of ether oxygens (including phenoxy) is 1. The predicted molar refractivity (Wildman–Crippen MR) is 58.8 cm³/mol. The predicted octanol–water partition coefficient (Wildman–Crippen LogP) is 2.88. The lowest BCUT2D eigenvalue weighted by Crippen LogP contribution is -2.27. The Balaban J connectivity index is 2.74. The van der Waals surface area contributed by atoms with Crippen LogP contribution in [0.25, 0.3) is 0 Å². The molecule has 0 spiro atoms. The molecule has 0 aliphatic carbocycles. The van der Waals surface area contributed by atoms with Crippen molar-refractivity contribution in [3.8, 4) is 0 Å². The second kappa shape index (κ2) is 4.47. The van der Waals surface area contributed by atoms with Crippen LogP contribution in [0.2, 0.25) is 0 Å². The molecule has 1 heterocycles. The number of nitrogens with zero attached hydrogens (tertiary/aromatic N) is 1. The Morgan fingerprint density at radius 3 is 2.62 bits per heavy atom. The van der Waals surface area contributed by atoms with Gasteiger partial charge in [0.2, 0.25) is 0 Å². The summed E-state index contributed by atoms with van der Waals surface area (Å²) >= 11 is 0. The number of amides is 1. The Morgan fingerprint density at radius 1 is 1.44 bits per heavy atom. The van der Waals surface area contributed by atoms with Gasteiger partial charge < -0.3 is 4.74 Å². The van der Waals surface area contributed by atoms with Gasteiger partial charge in [0.1, 0.15) is 11.4 Å². The summed E-state index contributed by atoms with van der Waals surface area (Å²) in [5, 5.41) is 2.44. The van der Waals surface area contributed by atoms with E-state index in [2.05, 4.69) is 10.3 Å². The van der Waals surface area contributed by atoms with Crippen molar-refractivity contribution in [2.75, 3.05) is 5.32 Å². The lowest BCUT2D eigenvalue weighted by atomic mass is 10.2. The molecule has 0 atom stereocenters. The molecule has 0 aromatic carbocycles. The highest BCUT2D eigenvalue weighted by Crippen LogP contribution is 2.17. The Labute approximate surface area is 93.8 Å². The van der Waals surface area contributed by atoms with E-state index < -0.39 is 17.5 Å². The van der Waals surface area contributed by atoms with E-state index in [1.807, 2.05) is 0 Å². The number of anilines is 1. The molecule has 0 saturated heterocycles. The van der Waals surface area contributed by atoms with E-state index in [1.54, 1.807) is 27.7 Å². The van der Waals surface area contributed by atoms with Gasteiger partial charge in [0.05, 0.1) is 18.1 Å². The maximum Gasteiger partial charge on any atom is 0.412 e. The molecule has 0 unspecified atom stereocenters. The topological polar surface area (TPSA) is 51.2 Å². The number of halogens is 1. The zero-order valence-corrected chi connectivity index (χ0v) is 9.80. The number of hydrogen-bond acceptors (Lipinski definition) is 3. The molecule has 0 aliphatic heterocycles. The average Bonchev–Trinajstić information content (AvgIpc) is 2.09. The smallest absolute Gasteiger partial charge is 0.412 e. The van der Waals surface area contributed by atoms with E-state index in [0.29, 0.717) is 11.3 Å². The van der Waals surface area contributed by atoms with Crippen molar-refractivity contribution in [3.05, 3.63) is 23.8 Å². The van der Waals surface area contributed by atoms with Crippen LogP contribution in [0.1, 0.15) is 26.3 Å². The third kappa shape index (κ3) is 3.49. The van der Waals surface area contributed by atoms with Crippen LogP contribution in [0.4, 0.5) is 14.9 Å². The van der Waals surface area contributed by atoms with Crippen molar-refractivity contribution in [1.29, 1.82) is 0 Å². The van der Waals surface area contributed by atoms with Gasteiger partial charge in [0, 0.05) is 5.56 Å². The molecule has 0 saturated carbocycles. The van der Waals surface area contributed by atoms with Crippen LogP contribution in [0.3, 0.4) is 0 Å². The summed E-state index contributed by atoms with van der Waals surface area (Å²) in [5.41, 5.74) is 0.0637. The lowest BCUT2D eigenvalue weighted by molar-refractivity contribution is 0.0635. The van der Waals surface area contributed by atoms with Gasteiger partial charge >= 0.3 is 6.09 Å². The number of hydrogen-bond donors (Lipinski definition) is 1. The Hall–Kier alpha value is -1.65. The van der Waals surface area contributed by atoms with Gasteiger partial charge in [-0.2, -0.15) is 0 Å². The third-order valence-corrected chi connectivity index (χ3v) is 1.79. The molecule has 1 N–H and O–H groups in total. The lowest BCUT2D eigenvalue weighted by Gasteiger charge is -2.20. The highest BCUT2D eigenvalue weighted by molar-refractivity contribution is 5.85. The number of nitrogens with one attached hydrogen (secondary N) is 1. The van der Waals surface area contributed by atoms with Crippen LogP contribution in [0.15, 0.2) is 12.4 Å². The quantitative estimate of drug-likeness (QED) is 0.801. The molecule has 0 aliphatic rings. The SMILES string of the molecule is Cc1c(F)cncc1NC(=O)OC(C)(C)C. The van der Waals surface area contributed by atoms with Gasteiger partial charge in [-0.25, -0.2) is 9.18 Å². The summed E-state index contributed by atoms with van der Waals surface area (Å²) in [5.74, 6) is -0.464. The van der Waals surface area contributed by atoms with Crippen LogP contribution < -0.4 is 5.32 Å². The van der Waals surface area contributed by atoms with Crippen molar-refractivity contribution in [2.24, 2.45) is 0 Å². The Kier molecular flexibility index (Phi) is 3.47. The maximum atomic E-state index is 13.1. The van der Waals surface area contributed by atoms with Crippen molar-refractivity contribution in [3.63, 3.8) is 0 Å². The fourth-order valence-corrected chi connectivity index (χ4v) is 1.04. The summed E-state index contributed by atoms with van der Waals surface area (Å²) < 4.78 is 18.1. The molecule has 1 rings (SSSR count). The van der Waals surface area contributed by atoms with E-state index in [-0.39, 0.29) is 0 Å². The largest absolute Gasteiger partial charge is 0.444 e. The van der Waals surface area contributed by atoms with Crippen LogP contribution in [0.5, 0.6) is 0 Å². The highest BCUT2D eigenvalue weighted by atomic mass is 19.1. The molecule has 5 heteroatoms. The highest BCUT2D eigenvalue weighted by Gasteiger charge is 2.17. The first-order valence-electron chi connectivity index (χ1n) is 4.90.